The van der Waals surface area contributed by atoms with Crippen LogP contribution in [-0.2, 0) is 0 Å². The molecule has 0 amide bonds. The summed E-state index contributed by atoms with van der Waals surface area (Å²) >= 11 is 18.0. The molecule has 0 heterocycles. The Morgan fingerprint density at radius 2 is 2.00 bits per heavy atom. The summed E-state index contributed by atoms with van der Waals surface area (Å²) < 4.78 is -0.825. The van der Waals surface area contributed by atoms with Gasteiger partial charge in [-0.05, 0) is 0 Å². The van der Waals surface area contributed by atoms with Crippen LogP contribution in [0.5, 0.6) is 0 Å². The van der Waals surface area contributed by atoms with Gasteiger partial charge in [0.2, 0.25) is 0 Å². The van der Waals surface area contributed by atoms with Crippen LogP contribution in [0.3, 0.4) is 0 Å². The van der Waals surface area contributed by atoms with Crippen molar-refractivity contribution in [1.29, 1.82) is 0 Å². The monoisotopic (exact) mass is 207 g/mol. The summed E-state index contributed by atoms with van der Waals surface area (Å²) in [6, 6.07) is 0. The molecule has 37 valence electrons. The maximum Gasteiger partial charge on any atom is 0.167 e. The van der Waals surface area contributed by atoms with Crippen LogP contribution in [0.1, 0.15) is 0 Å². The molecule has 0 aromatic carbocycles. The average molecular weight is 209 g/mol. The molecule has 0 saturated heterocycles. The topological polar surface area (TPSA) is 0 Å². The zero-order chi connectivity index (χ0) is 5.21. The van der Waals surface area contributed by atoms with Crippen LogP contribution in [0, 0.1) is 0 Å². The number of rotatable bonds is 1. The number of hydrogen-bond acceptors (Lipinski definition) is 0. The van der Waals surface area contributed by atoms with Crippen LogP contribution in [0.15, 0.2) is 0 Å². The lowest BCUT2D eigenvalue weighted by Gasteiger charge is -2.02. The fourth-order valence-corrected chi connectivity index (χ4v) is 0. The smallest absolute Gasteiger partial charge is 0.123 e. The number of halogens is 3. The van der Waals surface area contributed by atoms with Crippen LogP contribution >= 0.6 is 51.8 Å². The molecule has 1 unspecified atom stereocenters. The predicted molar refractivity (Wildman–Crippen MR) is 35.8 cm³/mol. The summed E-state index contributed by atoms with van der Waals surface area (Å²) in [5, 5.41) is 0. The van der Waals surface area contributed by atoms with Gasteiger partial charge in [-0.1, -0.05) is 40.2 Å². The Bertz CT molecular complexity index is 41.3. The second kappa shape index (κ2) is 2.65. The van der Waals surface area contributed by atoms with E-state index in [0.29, 0.717) is 0 Å². The van der Waals surface area contributed by atoms with E-state index in [1.165, 1.54) is 0 Å². The molecule has 0 spiro atoms. The van der Waals surface area contributed by atoms with Gasteiger partial charge in [0.1, 0.15) is 0 Å². The highest BCUT2D eigenvalue weighted by molar-refractivity contribution is 9.12. The molecule has 0 aliphatic heterocycles. The third-order valence-electron chi connectivity index (χ3n) is 0.156. The normalized spacial score (nSPS) is 20.0. The van der Waals surface area contributed by atoms with Gasteiger partial charge in [-0.2, -0.15) is 0 Å². The quantitative estimate of drug-likeness (QED) is 0.582. The van der Waals surface area contributed by atoms with E-state index in [2.05, 4.69) is 28.6 Å². The highest BCUT2D eigenvalue weighted by Gasteiger charge is 2.14. The van der Waals surface area contributed by atoms with E-state index in [9.17, 15) is 0 Å². The van der Waals surface area contributed by atoms with Crippen molar-refractivity contribution >= 4 is 51.8 Å². The van der Waals surface area contributed by atoms with Gasteiger partial charge in [0.15, 0.2) is 3.12 Å². The maximum atomic E-state index is 5.32. The van der Waals surface area contributed by atoms with Gasteiger partial charge in [-0.3, -0.25) is 0 Å². The fourth-order valence-electron chi connectivity index (χ4n) is 0. The molecule has 0 aliphatic carbocycles. The Morgan fingerprint density at radius 1 is 1.83 bits per heavy atom. The minimum atomic E-state index is -0.825. The van der Waals surface area contributed by atoms with E-state index in [1.54, 1.807) is 0 Å². The Balaban J connectivity index is 3.17. The van der Waals surface area contributed by atoms with E-state index < -0.39 is 3.12 Å². The summed E-state index contributed by atoms with van der Waals surface area (Å²) in [6.45, 7) is 0. The van der Waals surface area contributed by atoms with Gasteiger partial charge in [-0.25, -0.2) is 0 Å². The number of alkyl halides is 3. The van der Waals surface area contributed by atoms with Crippen LogP contribution in [-0.4, -0.2) is 9.00 Å². The molecule has 0 saturated carbocycles. The first-order chi connectivity index (χ1) is 2.56. The van der Waals surface area contributed by atoms with Crippen molar-refractivity contribution in [3.8, 4) is 0 Å². The zero-order valence-corrected chi connectivity index (χ0v) is 6.66. The summed E-state index contributed by atoms with van der Waals surface area (Å²) in [5.74, 6) is 0.240. The minimum absolute atomic E-state index is 0.240. The Morgan fingerprint density at radius 3 is 2.00 bits per heavy atom. The van der Waals surface area contributed by atoms with E-state index in [-0.39, 0.29) is 5.88 Å². The molecular weight excluding hydrogens is 207 g/mol. The van der Waals surface area contributed by atoms with Crippen molar-refractivity contribution in [2.75, 3.05) is 5.88 Å². The Kier molecular flexibility index (Phi) is 3.28. The van der Waals surface area contributed by atoms with Crippen molar-refractivity contribution in [2.24, 2.45) is 0 Å². The molecule has 0 aromatic rings. The standard InChI is InChI=1S/C2H2BrCl2S/c3-2(5,6)1-4/h1H2. The van der Waals surface area contributed by atoms with Crippen LogP contribution in [0.2, 0.25) is 0 Å². The van der Waals surface area contributed by atoms with E-state index in [0.717, 1.165) is 0 Å². The lowest BCUT2D eigenvalue weighted by Crippen LogP contribution is -2.00. The molecule has 1 radical (unpaired) electrons. The van der Waals surface area contributed by atoms with Gasteiger partial charge in [-0.15, -0.1) is 11.6 Å². The first kappa shape index (κ1) is 7.41. The van der Waals surface area contributed by atoms with Gasteiger partial charge in [0.05, 0.1) is 5.88 Å². The first-order valence-corrected chi connectivity index (χ1v) is 3.32. The van der Waals surface area contributed by atoms with Crippen molar-refractivity contribution in [1.82, 2.24) is 0 Å². The SMILES string of the molecule is [S]C(Cl)(Br)CCl. The molecule has 0 bridgehead atoms. The largest absolute Gasteiger partial charge is 0.167 e. The Hall–Kier alpha value is 1.41. The lowest BCUT2D eigenvalue weighted by atomic mass is 10.9. The lowest BCUT2D eigenvalue weighted by molar-refractivity contribution is 1.36. The second-order valence-electron chi connectivity index (χ2n) is 0.771. The van der Waals surface area contributed by atoms with Crippen LogP contribution < -0.4 is 0 Å². The Labute approximate surface area is 60.7 Å². The first-order valence-electron chi connectivity index (χ1n) is 1.20. The molecule has 0 nitrogen and oxygen atoms in total. The molecule has 0 aliphatic rings. The van der Waals surface area contributed by atoms with Gasteiger partial charge >= 0.3 is 0 Å². The van der Waals surface area contributed by atoms with Crippen molar-refractivity contribution in [3.63, 3.8) is 0 Å². The zero-order valence-electron chi connectivity index (χ0n) is 2.75. The van der Waals surface area contributed by atoms with E-state index >= 15 is 0 Å². The minimum Gasteiger partial charge on any atom is -0.123 e. The fraction of sp³-hybridized carbons (Fsp3) is 1.00. The third kappa shape index (κ3) is 5.41. The molecule has 6 heavy (non-hydrogen) atoms. The highest BCUT2D eigenvalue weighted by atomic mass is 79.9. The van der Waals surface area contributed by atoms with E-state index in [4.69, 9.17) is 23.2 Å². The van der Waals surface area contributed by atoms with E-state index in [1.807, 2.05) is 0 Å². The molecule has 0 aromatic heterocycles. The molecule has 0 N–H and O–H groups in total. The molecular formula is C2H2BrCl2S. The summed E-state index contributed by atoms with van der Waals surface area (Å²) in [4.78, 5) is 0. The predicted octanol–water partition coefficient (Wildman–Crippen LogP) is 2.71. The van der Waals surface area contributed by atoms with Crippen molar-refractivity contribution in [3.05, 3.63) is 0 Å². The van der Waals surface area contributed by atoms with Crippen LogP contribution in [0.4, 0.5) is 0 Å². The summed E-state index contributed by atoms with van der Waals surface area (Å²) in [7, 11) is 0. The molecule has 0 rings (SSSR count). The number of hydrogen-bond donors (Lipinski definition) is 0. The van der Waals surface area contributed by atoms with Crippen molar-refractivity contribution in [2.45, 2.75) is 3.12 Å². The second-order valence-corrected chi connectivity index (χ2v) is 4.94. The summed E-state index contributed by atoms with van der Waals surface area (Å²) in [6.07, 6.45) is 0. The highest BCUT2D eigenvalue weighted by Crippen LogP contribution is 2.28. The third-order valence-corrected chi connectivity index (χ3v) is 1.73. The van der Waals surface area contributed by atoms with Gasteiger partial charge in [0.25, 0.3) is 0 Å². The maximum absolute atomic E-state index is 5.32. The van der Waals surface area contributed by atoms with Gasteiger partial charge < -0.3 is 0 Å². The van der Waals surface area contributed by atoms with Crippen molar-refractivity contribution < 1.29 is 0 Å². The molecule has 0 fully saturated rings. The average Bonchev–Trinajstić information content (AvgIpc) is 1.35. The van der Waals surface area contributed by atoms with Gasteiger partial charge in [0, 0.05) is 0 Å². The van der Waals surface area contributed by atoms with Crippen LogP contribution in [0.25, 0.3) is 0 Å². The summed E-state index contributed by atoms with van der Waals surface area (Å²) in [5.41, 5.74) is 0. The molecule has 1 atom stereocenters. The molecule has 4 heteroatoms.